The van der Waals surface area contributed by atoms with Gasteiger partial charge in [0.1, 0.15) is 6.04 Å². The van der Waals surface area contributed by atoms with Crippen LogP contribution < -0.4 is 5.32 Å². The number of benzene rings is 2. The molecule has 1 aliphatic carbocycles. The van der Waals surface area contributed by atoms with Crippen LogP contribution in [0.5, 0.6) is 0 Å². The van der Waals surface area contributed by atoms with Crippen molar-refractivity contribution < 1.29 is 10.1 Å². The molecule has 0 saturated carbocycles. The number of carbonyl (C=O) groups excluding carboxylic acids is 1. The van der Waals surface area contributed by atoms with Gasteiger partial charge in [-0.05, 0) is 17.5 Å². The first kappa shape index (κ1) is 14.5. The Morgan fingerprint density at radius 2 is 1.65 bits per heavy atom. The number of nitrogens with two attached hydrogens (primary N) is 1. The molecule has 1 aliphatic heterocycles. The molecule has 0 radical (unpaired) electrons. The van der Waals surface area contributed by atoms with Crippen molar-refractivity contribution in [3.63, 3.8) is 0 Å². The Morgan fingerprint density at radius 1 is 1.00 bits per heavy atom. The highest BCUT2D eigenvalue weighted by molar-refractivity contribution is 5.78. The van der Waals surface area contributed by atoms with Crippen LogP contribution in [-0.2, 0) is 4.79 Å². The van der Waals surface area contributed by atoms with Crippen molar-refractivity contribution in [1.82, 2.24) is 4.90 Å². The van der Waals surface area contributed by atoms with E-state index < -0.39 is 0 Å². The zero-order chi connectivity index (χ0) is 15.6. The molecule has 0 unspecified atom stereocenters. The van der Waals surface area contributed by atoms with Gasteiger partial charge in [-0.2, -0.15) is 0 Å². The molecule has 0 atom stereocenters. The van der Waals surface area contributed by atoms with Gasteiger partial charge in [0.25, 0.3) is 0 Å². The molecule has 3 heteroatoms. The van der Waals surface area contributed by atoms with E-state index in [9.17, 15) is 4.79 Å². The van der Waals surface area contributed by atoms with E-state index in [4.69, 9.17) is 0 Å². The Labute approximate surface area is 137 Å². The van der Waals surface area contributed by atoms with E-state index in [2.05, 4.69) is 53.8 Å². The zero-order valence-corrected chi connectivity index (χ0v) is 13.4. The summed E-state index contributed by atoms with van der Waals surface area (Å²) in [7, 11) is 0. The predicted octanol–water partition coefficient (Wildman–Crippen LogP) is 2.33. The van der Waals surface area contributed by atoms with E-state index in [0.29, 0.717) is 11.9 Å². The number of nitrogens with zero attached hydrogens (tertiary/aromatic N) is 1. The number of rotatable bonds is 5. The number of hydrogen-bond acceptors (Lipinski definition) is 1. The van der Waals surface area contributed by atoms with Crippen molar-refractivity contribution in [3.8, 4) is 11.1 Å². The number of carbonyl (C=O) groups is 1. The lowest BCUT2D eigenvalue weighted by molar-refractivity contribution is -0.686. The summed E-state index contributed by atoms with van der Waals surface area (Å²) in [5, 5.41) is 2.44. The average molecular weight is 307 g/mol. The molecule has 1 saturated heterocycles. The van der Waals surface area contributed by atoms with Crippen LogP contribution in [0.1, 0.15) is 36.4 Å². The molecule has 4 rings (SSSR count). The Morgan fingerprint density at radius 3 is 2.26 bits per heavy atom. The summed E-state index contributed by atoms with van der Waals surface area (Å²) in [6.45, 7) is 2.91. The monoisotopic (exact) mass is 307 g/mol. The van der Waals surface area contributed by atoms with Gasteiger partial charge < -0.3 is 10.2 Å². The number of hydrogen-bond donors (Lipinski definition) is 1. The summed E-state index contributed by atoms with van der Waals surface area (Å²) in [5.74, 6) is 0.335. The molecule has 2 aromatic carbocycles. The van der Waals surface area contributed by atoms with Crippen molar-refractivity contribution in [3.05, 3.63) is 59.7 Å². The second kappa shape index (κ2) is 6.17. The summed E-state index contributed by atoms with van der Waals surface area (Å²) < 4.78 is 0. The fourth-order valence-corrected chi connectivity index (χ4v) is 3.96. The van der Waals surface area contributed by atoms with E-state index in [-0.39, 0.29) is 0 Å². The second-order valence-corrected chi connectivity index (χ2v) is 6.51. The normalized spacial score (nSPS) is 16.7. The minimum Gasteiger partial charge on any atom is -0.342 e. The van der Waals surface area contributed by atoms with Gasteiger partial charge in [-0.3, -0.25) is 4.79 Å². The first-order valence-corrected chi connectivity index (χ1v) is 8.64. The van der Waals surface area contributed by atoms with Crippen molar-refractivity contribution in [2.24, 2.45) is 0 Å². The number of likely N-dealkylation sites (tertiary alicyclic amines) is 1. The Bertz CT molecular complexity index is 680. The average Bonchev–Trinajstić information content (AvgIpc) is 3.14. The van der Waals surface area contributed by atoms with Crippen LogP contribution in [0.15, 0.2) is 48.5 Å². The first-order valence-electron chi connectivity index (χ1n) is 8.64. The SMILES string of the molecule is O=C1CCCN1CCC[NH2+]C1c2ccccc2-c2ccccc21. The lowest BCUT2D eigenvalue weighted by Gasteiger charge is -2.16. The van der Waals surface area contributed by atoms with Crippen LogP contribution in [0.4, 0.5) is 0 Å². The topological polar surface area (TPSA) is 36.9 Å². The third kappa shape index (κ3) is 2.66. The Kier molecular flexibility index (Phi) is 3.88. The molecule has 1 heterocycles. The highest BCUT2D eigenvalue weighted by Crippen LogP contribution is 2.40. The molecule has 0 aromatic heterocycles. The van der Waals surface area contributed by atoms with Gasteiger partial charge in [-0.15, -0.1) is 0 Å². The molecule has 1 amide bonds. The van der Waals surface area contributed by atoms with Gasteiger partial charge in [0.05, 0.1) is 6.54 Å². The molecule has 2 N–H and O–H groups in total. The van der Waals surface area contributed by atoms with Gasteiger partial charge >= 0.3 is 0 Å². The van der Waals surface area contributed by atoms with Gasteiger partial charge in [0.2, 0.25) is 5.91 Å². The maximum absolute atomic E-state index is 11.7. The van der Waals surface area contributed by atoms with E-state index in [0.717, 1.165) is 38.9 Å². The molecule has 0 spiro atoms. The van der Waals surface area contributed by atoms with Crippen molar-refractivity contribution in [1.29, 1.82) is 0 Å². The third-order valence-corrected chi connectivity index (χ3v) is 5.09. The molecule has 1 fully saturated rings. The quantitative estimate of drug-likeness (QED) is 0.846. The first-order chi connectivity index (χ1) is 11.3. The fourth-order valence-electron chi connectivity index (χ4n) is 3.96. The van der Waals surface area contributed by atoms with E-state index in [1.54, 1.807) is 0 Å². The van der Waals surface area contributed by atoms with Crippen molar-refractivity contribution in [2.45, 2.75) is 25.3 Å². The highest BCUT2D eigenvalue weighted by Gasteiger charge is 2.30. The van der Waals surface area contributed by atoms with Crippen molar-refractivity contribution >= 4 is 5.91 Å². The maximum atomic E-state index is 11.7. The van der Waals surface area contributed by atoms with Crippen LogP contribution in [-0.4, -0.2) is 30.4 Å². The summed E-state index contributed by atoms with van der Waals surface area (Å²) in [6, 6.07) is 17.9. The smallest absolute Gasteiger partial charge is 0.222 e. The van der Waals surface area contributed by atoms with Crippen molar-refractivity contribution in [2.75, 3.05) is 19.6 Å². The molecular weight excluding hydrogens is 284 g/mol. The summed E-state index contributed by atoms with van der Waals surface area (Å²) in [6.07, 6.45) is 2.84. The summed E-state index contributed by atoms with van der Waals surface area (Å²) in [4.78, 5) is 13.7. The van der Waals surface area contributed by atoms with Gasteiger partial charge in [-0.25, -0.2) is 0 Å². The largest absolute Gasteiger partial charge is 0.342 e. The standard InChI is InChI=1S/C20H22N2O/c23-19-11-5-13-22(19)14-6-12-21-20-17-9-3-1-7-15(17)16-8-2-4-10-18(16)20/h1-4,7-10,20-21H,5-6,11-14H2/p+1. The lowest BCUT2D eigenvalue weighted by Crippen LogP contribution is -2.85. The Balaban J connectivity index is 1.43. The van der Waals surface area contributed by atoms with Crippen LogP contribution >= 0.6 is 0 Å². The molecule has 0 bridgehead atoms. The predicted molar refractivity (Wildman–Crippen MR) is 90.9 cm³/mol. The highest BCUT2D eigenvalue weighted by atomic mass is 16.2. The minimum absolute atomic E-state index is 0.335. The Hall–Kier alpha value is -2.13. The molecule has 118 valence electrons. The van der Waals surface area contributed by atoms with E-state index in [1.807, 2.05) is 4.90 Å². The van der Waals surface area contributed by atoms with E-state index >= 15 is 0 Å². The molecule has 2 aliphatic rings. The zero-order valence-electron chi connectivity index (χ0n) is 13.4. The molecule has 23 heavy (non-hydrogen) atoms. The minimum atomic E-state index is 0.335. The third-order valence-electron chi connectivity index (χ3n) is 5.09. The number of amides is 1. The van der Waals surface area contributed by atoms with E-state index in [1.165, 1.54) is 22.3 Å². The van der Waals surface area contributed by atoms with Crippen LogP contribution in [0.3, 0.4) is 0 Å². The van der Waals surface area contributed by atoms with Gasteiger partial charge in [0, 0.05) is 37.1 Å². The summed E-state index contributed by atoms with van der Waals surface area (Å²) in [5.41, 5.74) is 5.59. The van der Waals surface area contributed by atoms with Gasteiger partial charge in [0.15, 0.2) is 0 Å². The van der Waals surface area contributed by atoms with Crippen LogP contribution in [0.25, 0.3) is 11.1 Å². The van der Waals surface area contributed by atoms with Gasteiger partial charge in [-0.1, -0.05) is 48.5 Å². The number of quaternary nitrogens is 1. The van der Waals surface area contributed by atoms with Crippen LogP contribution in [0, 0.1) is 0 Å². The molecule has 2 aromatic rings. The fraction of sp³-hybridized carbons (Fsp3) is 0.350. The number of fused-ring (bicyclic) bond motifs is 3. The van der Waals surface area contributed by atoms with Crippen LogP contribution in [0.2, 0.25) is 0 Å². The lowest BCUT2D eigenvalue weighted by atomic mass is 10.1. The maximum Gasteiger partial charge on any atom is 0.222 e. The molecular formula is C20H23N2O+. The second-order valence-electron chi connectivity index (χ2n) is 6.51. The summed E-state index contributed by atoms with van der Waals surface area (Å²) >= 11 is 0. The molecule has 3 nitrogen and oxygen atoms in total.